The molecule has 1 aromatic carbocycles. The quantitative estimate of drug-likeness (QED) is 0.0830. The van der Waals surface area contributed by atoms with E-state index in [4.69, 9.17) is 17.1 Å². The first-order valence-electron chi connectivity index (χ1n) is 15.3. The average molecular weight is 667 g/mol. The molecule has 0 saturated carbocycles. The van der Waals surface area contributed by atoms with Crippen molar-refractivity contribution >= 4 is 31.4 Å². The van der Waals surface area contributed by atoms with Gasteiger partial charge in [0.05, 0.1) is 0 Å². The number of nitrogens with zero attached hydrogens (tertiary/aromatic N) is 3. The third-order valence-electron chi connectivity index (χ3n) is 7.72. The zero-order valence-electron chi connectivity index (χ0n) is 26.7. The van der Waals surface area contributed by atoms with Gasteiger partial charge < -0.3 is 0 Å². The molecule has 0 unspecified atom stereocenters. The summed E-state index contributed by atoms with van der Waals surface area (Å²) in [5.41, 5.74) is 13.2. The van der Waals surface area contributed by atoms with E-state index in [1.807, 2.05) is 6.20 Å². The maximum absolute atomic E-state index is 5.97. The Bertz CT molecular complexity index is 1300. The summed E-state index contributed by atoms with van der Waals surface area (Å²) in [5, 5.41) is 0. The number of rotatable bonds is 13. The van der Waals surface area contributed by atoms with E-state index in [0.29, 0.717) is 18.5 Å². The number of terminal acetylenes is 1. The van der Waals surface area contributed by atoms with Gasteiger partial charge in [0.25, 0.3) is 0 Å². The molecule has 0 amide bonds. The minimum Gasteiger partial charge on any atom is -0.0656 e. The largest absolute Gasteiger partial charge is 0.0656 e. The fourth-order valence-corrected chi connectivity index (χ4v) is 6.82. The fraction of sp³-hybridized carbons (Fsp3) is 0.500. The Labute approximate surface area is 270 Å². The van der Waals surface area contributed by atoms with Crippen molar-refractivity contribution in [1.29, 1.82) is 0 Å². The summed E-state index contributed by atoms with van der Waals surface area (Å²) in [4.78, 5) is 7.46. The van der Waals surface area contributed by atoms with Gasteiger partial charge in [0.15, 0.2) is 0 Å². The van der Waals surface area contributed by atoms with Crippen molar-refractivity contribution in [2.75, 3.05) is 32.6 Å². The molecular formula is C36H53N4NbS-. The maximum atomic E-state index is 5.97. The zero-order valence-corrected chi connectivity index (χ0v) is 29.8. The maximum Gasteiger partial charge on any atom is -0.0590 e. The molecule has 42 heavy (non-hydrogen) atoms. The number of pyridine rings is 1. The minimum atomic E-state index is -1.28. The molecular weight excluding hydrogens is 613 g/mol. The minimum absolute atomic E-state index is 0.467. The van der Waals surface area contributed by atoms with E-state index in [1.54, 1.807) is 20.6 Å². The van der Waals surface area contributed by atoms with Crippen LogP contribution in [-0.4, -0.2) is 62.7 Å². The Balaban J connectivity index is 0.00000197. The third-order valence-corrected chi connectivity index (χ3v) is 9.98. The van der Waals surface area contributed by atoms with Crippen LogP contribution in [-0.2, 0) is 27.1 Å². The van der Waals surface area contributed by atoms with Crippen molar-refractivity contribution in [1.82, 2.24) is 14.2 Å². The molecule has 2 heterocycles. The topological polar surface area (TPSA) is 45.4 Å². The van der Waals surface area contributed by atoms with Crippen molar-refractivity contribution in [3.05, 3.63) is 70.0 Å². The molecule has 3 rings (SSSR count). The molecule has 0 aliphatic carbocycles. The fourth-order valence-electron chi connectivity index (χ4n) is 5.36. The summed E-state index contributed by atoms with van der Waals surface area (Å²) in [6.45, 7) is 13.2. The van der Waals surface area contributed by atoms with E-state index in [-0.39, 0.29) is 0 Å². The second-order valence-corrected chi connectivity index (χ2v) is 15.3. The van der Waals surface area contributed by atoms with E-state index in [0.717, 1.165) is 63.8 Å². The van der Waals surface area contributed by atoms with Crippen LogP contribution in [0.3, 0.4) is 0 Å². The smallest absolute Gasteiger partial charge is 0.0590 e. The van der Waals surface area contributed by atoms with Crippen molar-refractivity contribution < 1.29 is 20.6 Å². The van der Waals surface area contributed by atoms with Crippen LogP contribution in [0.2, 0.25) is 0 Å². The Morgan fingerprint density at radius 2 is 1.95 bits per heavy atom. The van der Waals surface area contributed by atoms with Crippen LogP contribution in [0.15, 0.2) is 30.5 Å². The third kappa shape index (κ3) is 11.7. The Morgan fingerprint density at radius 3 is 2.52 bits per heavy atom. The van der Waals surface area contributed by atoms with Crippen LogP contribution in [0.25, 0.3) is 6.08 Å². The number of hydrogen-bond donors (Lipinski definition) is 1. The van der Waals surface area contributed by atoms with E-state index in [9.17, 15) is 0 Å². The molecule has 6 heteroatoms. The number of piperidine rings is 1. The van der Waals surface area contributed by atoms with E-state index in [2.05, 4.69) is 101 Å². The summed E-state index contributed by atoms with van der Waals surface area (Å²) >= 11 is 1.72. The second kappa shape index (κ2) is 18.8. The standard InChI is InChI=1S/C33H45N4S.C3H8.Nb/c1-8-28(14-20-37(25-34)38(5,6)7)11-10-12-32-27(4)13-17-35-33(32)31-15-18-36(19-16-31)24-30-22-26(3)21-29(9-2)23-30;1-3-2;/h2,4,12-13,17,21-23,28,31H,5-6,8,11,14-16,18-20,24-25,34H2,1,3,7H3;3H2,1-2H3;/q-1;;/t28-;;/m0../s1. The molecule has 4 nitrogen and oxygen atoms in total. The van der Waals surface area contributed by atoms with Crippen LogP contribution >= 0.6 is 9.39 Å². The molecule has 1 saturated heterocycles. The first-order valence-corrected chi connectivity index (χ1v) is 18.9. The van der Waals surface area contributed by atoms with Crippen LogP contribution < -0.4 is 5.73 Å². The molecule has 1 aliphatic rings. The number of allylic oxidation sites excluding steroid dienone is 1. The van der Waals surface area contributed by atoms with Gasteiger partial charge in [-0.25, -0.2) is 0 Å². The number of nitrogens with two attached hydrogens (primary N) is 1. The number of likely N-dealkylation sites (tertiary alicyclic amines) is 1. The van der Waals surface area contributed by atoms with Gasteiger partial charge in [-0.3, -0.25) is 0 Å². The molecule has 1 aromatic heterocycles. The van der Waals surface area contributed by atoms with Crippen molar-refractivity contribution in [2.24, 2.45) is 11.7 Å². The normalized spacial score (nSPS) is 15.3. The van der Waals surface area contributed by atoms with Crippen molar-refractivity contribution in [3.8, 4) is 12.3 Å². The zero-order chi connectivity index (χ0) is 31.1. The van der Waals surface area contributed by atoms with Crippen LogP contribution in [0.1, 0.15) is 98.7 Å². The predicted molar refractivity (Wildman–Crippen MR) is 186 cm³/mol. The van der Waals surface area contributed by atoms with Gasteiger partial charge in [-0.15, -0.1) is 6.42 Å². The van der Waals surface area contributed by atoms with E-state index >= 15 is 0 Å². The molecule has 1 fully saturated rings. The van der Waals surface area contributed by atoms with Gasteiger partial charge in [-0.05, 0) is 13.0 Å². The summed E-state index contributed by atoms with van der Waals surface area (Å²) in [7, 11) is -1.28. The SMILES string of the molecule is C#Cc1cc(C)cc(CN2CCC(c3nccc([CH]=[Nb])c3C=[C-]C[C@H](CC)CCN(CN)S(=C)(=C)C)CC2)c1.CCC. The Morgan fingerprint density at radius 1 is 1.26 bits per heavy atom. The van der Waals surface area contributed by atoms with Crippen molar-refractivity contribution in [2.45, 2.75) is 78.7 Å². The first-order chi connectivity index (χ1) is 20.1. The monoisotopic (exact) mass is 666 g/mol. The van der Waals surface area contributed by atoms with Gasteiger partial charge in [-0.1, -0.05) is 26.2 Å². The number of benzene rings is 1. The average Bonchev–Trinajstić information content (AvgIpc) is 2.96. The number of hydrogen-bond acceptors (Lipinski definition) is 4. The van der Waals surface area contributed by atoms with Crippen LogP contribution in [0, 0.1) is 31.3 Å². The molecule has 2 aromatic rings. The summed E-state index contributed by atoms with van der Waals surface area (Å²) in [6.07, 6.45) is 22.2. The van der Waals surface area contributed by atoms with Crippen LogP contribution in [0.5, 0.6) is 0 Å². The van der Waals surface area contributed by atoms with Gasteiger partial charge >= 0.3 is 226 Å². The number of aryl methyl sites for hydroxylation is 1. The molecule has 229 valence electrons. The number of aromatic nitrogens is 1. The molecule has 1 atom stereocenters. The summed E-state index contributed by atoms with van der Waals surface area (Å²) in [6, 6.07) is 8.61. The summed E-state index contributed by atoms with van der Waals surface area (Å²) < 4.78 is 4.47. The van der Waals surface area contributed by atoms with E-state index in [1.165, 1.54) is 34.4 Å². The van der Waals surface area contributed by atoms with Gasteiger partial charge in [-0.2, -0.15) is 0 Å². The van der Waals surface area contributed by atoms with Gasteiger partial charge in [0, 0.05) is 0 Å². The first kappa shape index (κ1) is 36.4. The van der Waals surface area contributed by atoms with Crippen LogP contribution in [0.4, 0.5) is 0 Å². The Kier molecular flexibility index (Phi) is 16.3. The van der Waals surface area contributed by atoms with E-state index < -0.39 is 9.39 Å². The molecule has 0 bridgehead atoms. The van der Waals surface area contributed by atoms with Gasteiger partial charge in [0.2, 0.25) is 0 Å². The Hall–Kier alpha value is -1.75. The predicted octanol–water partition coefficient (Wildman–Crippen LogP) is 6.92. The van der Waals surface area contributed by atoms with Gasteiger partial charge in [0.1, 0.15) is 0 Å². The molecule has 1 aliphatic heterocycles. The molecule has 0 spiro atoms. The summed E-state index contributed by atoms with van der Waals surface area (Å²) in [5.74, 6) is 12.3. The van der Waals surface area contributed by atoms with Crippen molar-refractivity contribution in [3.63, 3.8) is 0 Å². The molecule has 0 radical (unpaired) electrons. The second-order valence-electron chi connectivity index (χ2n) is 11.7. The molecule has 2 N–H and O–H groups in total.